The number of aromatic nitrogens is 2. The monoisotopic (exact) mass is 293 g/mol. The first-order chi connectivity index (χ1) is 10.1. The lowest BCUT2D eigenvalue weighted by Gasteiger charge is -2.29. The first-order valence-electron chi connectivity index (χ1n) is 8.37. The lowest BCUT2D eigenvalue weighted by molar-refractivity contribution is -0.0222. The summed E-state index contributed by atoms with van der Waals surface area (Å²) in [5, 5.41) is 4.08. The molecule has 2 aliphatic rings. The second-order valence-electron chi connectivity index (χ2n) is 7.00. The van der Waals surface area contributed by atoms with E-state index in [1.165, 1.54) is 38.5 Å². The lowest BCUT2D eigenvalue weighted by Crippen LogP contribution is -2.41. The fourth-order valence-corrected chi connectivity index (χ4v) is 3.10. The van der Waals surface area contributed by atoms with Gasteiger partial charge in [-0.1, -0.05) is 24.4 Å². The summed E-state index contributed by atoms with van der Waals surface area (Å²) in [5.41, 5.74) is 5.64. The Hall–Kier alpha value is -0.940. The largest absolute Gasteiger partial charge is 0.376 e. The molecule has 5 nitrogen and oxygen atoms in total. The maximum atomic E-state index is 6.30. The van der Waals surface area contributed by atoms with Gasteiger partial charge in [0.2, 0.25) is 5.89 Å². The predicted octanol–water partition coefficient (Wildman–Crippen LogP) is 2.94. The molecule has 2 N–H and O–H groups in total. The van der Waals surface area contributed by atoms with Crippen LogP contribution >= 0.6 is 0 Å². The summed E-state index contributed by atoms with van der Waals surface area (Å²) < 4.78 is 11.2. The fraction of sp³-hybridized carbons (Fsp3) is 0.875. The molecular weight excluding hydrogens is 266 g/mol. The summed E-state index contributed by atoms with van der Waals surface area (Å²) in [6.45, 7) is 2.38. The van der Waals surface area contributed by atoms with Crippen LogP contribution in [-0.4, -0.2) is 22.9 Å². The first-order valence-corrected chi connectivity index (χ1v) is 8.37. The molecule has 21 heavy (non-hydrogen) atoms. The van der Waals surface area contributed by atoms with Crippen LogP contribution in [0.1, 0.15) is 70.0 Å². The molecule has 0 amide bonds. The zero-order valence-corrected chi connectivity index (χ0v) is 13.0. The zero-order valence-electron chi connectivity index (χ0n) is 13.0. The predicted molar refractivity (Wildman–Crippen MR) is 79.7 cm³/mol. The minimum absolute atomic E-state index is 0.376. The van der Waals surface area contributed by atoms with Crippen molar-refractivity contribution < 1.29 is 9.26 Å². The van der Waals surface area contributed by atoms with E-state index in [1.807, 2.05) is 6.92 Å². The number of hydrogen-bond acceptors (Lipinski definition) is 5. The highest BCUT2D eigenvalue weighted by Gasteiger charge is 2.31. The summed E-state index contributed by atoms with van der Waals surface area (Å²) >= 11 is 0. The van der Waals surface area contributed by atoms with Crippen LogP contribution in [0.15, 0.2) is 4.52 Å². The van der Waals surface area contributed by atoms with Gasteiger partial charge < -0.3 is 15.0 Å². The first kappa shape index (κ1) is 15.0. The molecule has 1 heterocycles. The van der Waals surface area contributed by atoms with Crippen molar-refractivity contribution in [3.05, 3.63) is 11.7 Å². The van der Waals surface area contributed by atoms with Crippen molar-refractivity contribution in [3.8, 4) is 0 Å². The van der Waals surface area contributed by atoms with Gasteiger partial charge in [0, 0.05) is 6.42 Å². The molecule has 5 heteroatoms. The normalized spacial score (nSPS) is 23.7. The summed E-state index contributed by atoms with van der Waals surface area (Å²) in [6.07, 6.45) is 11.4. The van der Waals surface area contributed by atoms with E-state index in [0.29, 0.717) is 24.5 Å². The summed E-state index contributed by atoms with van der Waals surface area (Å²) in [4.78, 5) is 4.52. The Morgan fingerprint density at radius 3 is 2.62 bits per heavy atom. The molecule has 0 spiro atoms. The van der Waals surface area contributed by atoms with Gasteiger partial charge in [-0.2, -0.15) is 4.98 Å². The van der Waals surface area contributed by atoms with Crippen LogP contribution in [0.25, 0.3) is 0 Å². The van der Waals surface area contributed by atoms with Gasteiger partial charge in [0.15, 0.2) is 5.82 Å². The van der Waals surface area contributed by atoms with Crippen LogP contribution in [0, 0.1) is 5.92 Å². The third-order valence-corrected chi connectivity index (χ3v) is 4.84. The average molecular weight is 293 g/mol. The topological polar surface area (TPSA) is 74.2 Å². The maximum Gasteiger partial charge on any atom is 0.226 e. The molecule has 0 radical (unpaired) electrons. The van der Waals surface area contributed by atoms with Gasteiger partial charge in [-0.3, -0.25) is 0 Å². The van der Waals surface area contributed by atoms with E-state index in [0.717, 1.165) is 25.2 Å². The van der Waals surface area contributed by atoms with Gasteiger partial charge in [-0.05, 0) is 44.9 Å². The third kappa shape index (κ3) is 3.83. The smallest absolute Gasteiger partial charge is 0.226 e. The molecule has 0 aromatic carbocycles. The van der Waals surface area contributed by atoms with Gasteiger partial charge in [-0.15, -0.1) is 0 Å². The van der Waals surface area contributed by atoms with Crippen LogP contribution in [0.3, 0.4) is 0 Å². The van der Waals surface area contributed by atoms with E-state index in [9.17, 15) is 0 Å². The minimum atomic E-state index is -0.663. The number of nitrogens with two attached hydrogens (primary N) is 1. The molecular formula is C16H27N3O2. The second-order valence-corrected chi connectivity index (χ2v) is 7.00. The standard InChI is InChI=1S/C16H27N3O2/c1-16(17,11-20-13-8-5-9-13)15-18-14(21-19-15)10-12-6-3-2-4-7-12/h12-13H,2-11,17H2,1H3. The van der Waals surface area contributed by atoms with E-state index >= 15 is 0 Å². The summed E-state index contributed by atoms with van der Waals surface area (Å²) in [6, 6.07) is 0. The molecule has 0 bridgehead atoms. The molecule has 118 valence electrons. The van der Waals surface area contributed by atoms with Gasteiger partial charge in [0.05, 0.1) is 12.7 Å². The molecule has 1 aromatic heterocycles. The van der Waals surface area contributed by atoms with E-state index in [1.54, 1.807) is 0 Å². The van der Waals surface area contributed by atoms with Gasteiger partial charge >= 0.3 is 0 Å². The number of rotatable bonds is 6. The highest BCUT2D eigenvalue weighted by molar-refractivity contribution is 5.02. The van der Waals surface area contributed by atoms with Crippen molar-refractivity contribution in [2.45, 2.75) is 76.4 Å². The van der Waals surface area contributed by atoms with Gasteiger partial charge in [0.25, 0.3) is 0 Å². The van der Waals surface area contributed by atoms with Crippen molar-refractivity contribution in [3.63, 3.8) is 0 Å². The van der Waals surface area contributed by atoms with Crippen LogP contribution in [0.2, 0.25) is 0 Å². The number of ether oxygens (including phenoxy) is 1. The second kappa shape index (κ2) is 6.44. The molecule has 2 aliphatic carbocycles. The van der Waals surface area contributed by atoms with Crippen molar-refractivity contribution >= 4 is 0 Å². The molecule has 3 rings (SSSR count). The van der Waals surface area contributed by atoms with E-state index < -0.39 is 5.54 Å². The Morgan fingerprint density at radius 1 is 1.19 bits per heavy atom. The third-order valence-electron chi connectivity index (χ3n) is 4.84. The molecule has 2 saturated carbocycles. The van der Waals surface area contributed by atoms with Crippen molar-refractivity contribution in [1.29, 1.82) is 0 Å². The molecule has 0 aliphatic heterocycles. The zero-order chi connectivity index (χ0) is 14.7. The molecule has 0 saturated heterocycles. The average Bonchev–Trinajstić information content (AvgIpc) is 2.87. The summed E-state index contributed by atoms with van der Waals surface area (Å²) in [7, 11) is 0. The van der Waals surface area contributed by atoms with Crippen LogP contribution < -0.4 is 5.73 Å². The lowest BCUT2D eigenvalue weighted by atomic mass is 9.87. The Morgan fingerprint density at radius 2 is 1.95 bits per heavy atom. The molecule has 1 aromatic rings. The van der Waals surface area contributed by atoms with Gasteiger partial charge in [0.1, 0.15) is 5.54 Å². The Labute approximate surface area is 126 Å². The Kier molecular flexibility index (Phi) is 4.60. The number of nitrogens with zero attached hydrogens (tertiary/aromatic N) is 2. The highest BCUT2D eigenvalue weighted by atomic mass is 16.5. The summed E-state index contributed by atoms with van der Waals surface area (Å²) in [5.74, 6) is 2.01. The van der Waals surface area contributed by atoms with Crippen LogP contribution in [0.4, 0.5) is 0 Å². The van der Waals surface area contributed by atoms with Crippen molar-refractivity contribution in [2.24, 2.45) is 11.7 Å². The van der Waals surface area contributed by atoms with Crippen molar-refractivity contribution in [2.75, 3.05) is 6.61 Å². The van der Waals surface area contributed by atoms with E-state index in [4.69, 9.17) is 15.0 Å². The van der Waals surface area contributed by atoms with Crippen molar-refractivity contribution in [1.82, 2.24) is 10.1 Å². The van der Waals surface area contributed by atoms with Crippen LogP contribution in [0.5, 0.6) is 0 Å². The van der Waals surface area contributed by atoms with Crippen LogP contribution in [-0.2, 0) is 16.7 Å². The minimum Gasteiger partial charge on any atom is -0.376 e. The molecule has 1 atom stereocenters. The SMILES string of the molecule is CC(N)(COC1CCC1)c1noc(CC2CCCCC2)n1. The van der Waals surface area contributed by atoms with E-state index in [2.05, 4.69) is 10.1 Å². The van der Waals surface area contributed by atoms with Gasteiger partial charge in [-0.25, -0.2) is 0 Å². The molecule has 2 fully saturated rings. The Balaban J connectivity index is 1.54. The Bertz CT molecular complexity index is 448. The maximum absolute atomic E-state index is 6.30. The quantitative estimate of drug-likeness (QED) is 0.873. The van der Waals surface area contributed by atoms with E-state index in [-0.39, 0.29) is 0 Å². The fourth-order valence-electron chi connectivity index (χ4n) is 3.10. The number of hydrogen-bond donors (Lipinski definition) is 1. The molecule has 1 unspecified atom stereocenters. The highest BCUT2D eigenvalue weighted by Crippen LogP contribution is 2.28.